The highest BCUT2D eigenvalue weighted by Gasteiger charge is 2.01. The molecule has 0 aromatic heterocycles. The van der Waals surface area contributed by atoms with Crippen molar-refractivity contribution in [3.63, 3.8) is 0 Å². The van der Waals surface area contributed by atoms with Crippen LogP contribution in [0.25, 0.3) is 5.57 Å². The second-order valence-corrected chi connectivity index (χ2v) is 4.63. The van der Waals surface area contributed by atoms with Crippen molar-refractivity contribution in [1.82, 2.24) is 0 Å². The molecule has 0 aliphatic carbocycles. The maximum absolute atomic E-state index is 5.97. The van der Waals surface area contributed by atoms with Crippen molar-refractivity contribution in [2.75, 3.05) is 5.73 Å². The molecule has 0 spiro atoms. The fourth-order valence-corrected chi connectivity index (χ4v) is 2.14. The molecule has 2 aromatic rings. The van der Waals surface area contributed by atoms with Gasteiger partial charge in [-0.25, -0.2) is 0 Å². The monoisotopic (exact) mass is 261 g/mol. The van der Waals surface area contributed by atoms with Crippen LogP contribution in [0.2, 0.25) is 0 Å². The number of hydrogen-bond donors (Lipinski definition) is 1. The van der Waals surface area contributed by atoms with Crippen molar-refractivity contribution in [2.24, 2.45) is 0 Å². The minimum Gasteiger partial charge on any atom is -0.398 e. The first-order valence-electron chi connectivity index (χ1n) is 6.62. The van der Waals surface area contributed by atoms with Crippen LogP contribution < -0.4 is 5.73 Å². The summed E-state index contributed by atoms with van der Waals surface area (Å²) in [5, 5.41) is 0. The first-order valence-corrected chi connectivity index (χ1v) is 6.62. The van der Waals surface area contributed by atoms with Crippen LogP contribution in [0.5, 0.6) is 0 Å². The van der Waals surface area contributed by atoms with Gasteiger partial charge in [0, 0.05) is 5.69 Å². The van der Waals surface area contributed by atoms with Gasteiger partial charge in [0.1, 0.15) is 0 Å². The molecule has 1 nitrogen and oxygen atoms in total. The first kappa shape index (κ1) is 13.9. The molecule has 20 heavy (non-hydrogen) atoms. The van der Waals surface area contributed by atoms with E-state index in [0.717, 1.165) is 28.8 Å². The predicted octanol–water partition coefficient (Wildman–Crippen LogP) is 4.62. The lowest BCUT2D eigenvalue weighted by atomic mass is 9.99. The van der Waals surface area contributed by atoms with Gasteiger partial charge in [0.15, 0.2) is 0 Å². The second kappa shape index (κ2) is 6.58. The molecular weight excluding hydrogens is 242 g/mol. The summed E-state index contributed by atoms with van der Waals surface area (Å²) in [6.45, 7) is 7.54. The molecule has 0 bridgehead atoms. The van der Waals surface area contributed by atoms with Crippen LogP contribution in [0.15, 0.2) is 79.9 Å². The van der Waals surface area contributed by atoms with Gasteiger partial charge in [-0.15, -0.1) is 0 Å². The van der Waals surface area contributed by atoms with Crippen LogP contribution in [-0.4, -0.2) is 0 Å². The average molecular weight is 261 g/mol. The molecular formula is C19H19N. The van der Waals surface area contributed by atoms with Crippen molar-refractivity contribution >= 4 is 11.3 Å². The van der Waals surface area contributed by atoms with E-state index >= 15 is 0 Å². The number of nitrogens with two attached hydrogens (primary N) is 1. The van der Waals surface area contributed by atoms with Gasteiger partial charge in [-0.1, -0.05) is 73.9 Å². The molecule has 1 heteroatoms. The van der Waals surface area contributed by atoms with Gasteiger partial charge in [0.2, 0.25) is 0 Å². The first-order chi connectivity index (χ1) is 9.74. The number of allylic oxidation sites excluding steroid dienone is 4. The van der Waals surface area contributed by atoms with Gasteiger partial charge >= 0.3 is 0 Å². The van der Waals surface area contributed by atoms with Crippen LogP contribution in [0, 0.1) is 0 Å². The molecule has 0 saturated heterocycles. The third kappa shape index (κ3) is 3.27. The highest BCUT2D eigenvalue weighted by atomic mass is 14.6. The molecule has 0 aliphatic heterocycles. The second-order valence-electron chi connectivity index (χ2n) is 4.63. The molecule has 0 radical (unpaired) electrons. The Labute approximate surface area is 120 Å². The molecule has 0 aliphatic rings. The topological polar surface area (TPSA) is 26.0 Å². The smallest absolute Gasteiger partial charge is 0.0349 e. The molecule has 2 rings (SSSR count). The SMILES string of the molecule is C=C/C=C(\C=C)c1ccc(Cc2ccccc2N)cc1. The largest absolute Gasteiger partial charge is 0.398 e. The van der Waals surface area contributed by atoms with Crippen molar-refractivity contribution in [1.29, 1.82) is 0 Å². The Morgan fingerprint density at radius 3 is 2.30 bits per heavy atom. The number of hydrogen-bond acceptors (Lipinski definition) is 1. The third-order valence-corrected chi connectivity index (χ3v) is 3.25. The number of benzene rings is 2. The quantitative estimate of drug-likeness (QED) is 0.617. The van der Waals surface area contributed by atoms with E-state index in [9.17, 15) is 0 Å². The van der Waals surface area contributed by atoms with Crippen molar-refractivity contribution in [3.8, 4) is 0 Å². The van der Waals surface area contributed by atoms with E-state index in [0.29, 0.717) is 0 Å². The predicted molar refractivity (Wildman–Crippen MR) is 88.5 cm³/mol. The summed E-state index contributed by atoms with van der Waals surface area (Å²) < 4.78 is 0. The molecule has 100 valence electrons. The van der Waals surface area contributed by atoms with Crippen LogP contribution in [0.4, 0.5) is 5.69 Å². The number of rotatable bonds is 5. The molecule has 0 fully saturated rings. The van der Waals surface area contributed by atoms with Crippen LogP contribution >= 0.6 is 0 Å². The summed E-state index contributed by atoms with van der Waals surface area (Å²) in [5.41, 5.74) is 11.4. The normalized spacial score (nSPS) is 11.1. The number of anilines is 1. The summed E-state index contributed by atoms with van der Waals surface area (Å²) in [7, 11) is 0. The molecule has 0 heterocycles. The van der Waals surface area contributed by atoms with E-state index in [1.165, 1.54) is 5.56 Å². The Morgan fingerprint density at radius 1 is 1.00 bits per heavy atom. The zero-order valence-electron chi connectivity index (χ0n) is 11.5. The highest BCUT2D eigenvalue weighted by molar-refractivity contribution is 5.74. The third-order valence-electron chi connectivity index (χ3n) is 3.25. The Hall–Kier alpha value is -2.54. The summed E-state index contributed by atoms with van der Waals surface area (Å²) in [6.07, 6.45) is 6.42. The lowest BCUT2D eigenvalue weighted by molar-refractivity contribution is 1.20. The lowest BCUT2D eigenvalue weighted by Crippen LogP contribution is -1.95. The van der Waals surface area contributed by atoms with Crippen molar-refractivity contribution in [3.05, 3.63) is 96.6 Å². The maximum Gasteiger partial charge on any atom is 0.0349 e. The lowest BCUT2D eigenvalue weighted by Gasteiger charge is -2.07. The maximum atomic E-state index is 5.97. The van der Waals surface area contributed by atoms with Gasteiger partial charge < -0.3 is 5.73 Å². The van der Waals surface area contributed by atoms with Gasteiger partial charge in [-0.2, -0.15) is 0 Å². The summed E-state index contributed by atoms with van der Waals surface area (Å²) >= 11 is 0. The van der Waals surface area contributed by atoms with Crippen LogP contribution in [-0.2, 0) is 6.42 Å². The van der Waals surface area contributed by atoms with Crippen molar-refractivity contribution in [2.45, 2.75) is 6.42 Å². The van der Waals surface area contributed by atoms with E-state index < -0.39 is 0 Å². The minimum absolute atomic E-state index is 0.843. The van der Waals surface area contributed by atoms with E-state index in [1.807, 2.05) is 30.4 Å². The average Bonchev–Trinajstić information content (AvgIpc) is 2.48. The molecule has 0 atom stereocenters. The fourth-order valence-electron chi connectivity index (χ4n) is 2.14. The molecule has 2 N–H and O–H groups in total. The van der Waals surface area contributed by atoms with Crippen LogP contribution in [0.1, 0.15) is 16.7 Å². The van der Waals surface area contributed by atoms with E-state index in [-0.39, 0.29) is 0 Å². The van der Waals surface area contributed by atoms with Gasteiger partial charge in [0.05, 0.1) is 0 Å². The van der Waals surface area contributed by atoms with Crippen molar-refractivity contribution < 1.29 is 0 Å². The molecule has 2 aromatic carbocycles. The molecule has 0 unspecified atom stereocenters. The number of nitrogen functional groups attached to an aromatic ring is 1. The van der Waals surface area contributed by atoms with E-state index in [4.69, 9.17) is 5.73 Å². The summed E-state index contributed by atoms with van der Waals surface area (Å²) in [6, 6.07) is 16.4. The van der Waals surface area contributed by atoms with Gasteiger partial charge in [0.25, 0.3) is 0 Å². The minimum atomic E-state index is 0.843. The Morgan fingerprint density at radius 2 is 1.70 bits per heavy atom. The summed E-state index contributed by atoms with van der Waals surface area (Å²) in [4.78, 5) is 0. The van der Waals surface area contributed by atoms with Gasteiger partial charge in [-0.3, -0.25) is 0 Å². The fraction of sp³-hybridized carbons (Fsp3) is 0.0526. The van der Waals surface area contributed by atoms with Gasteiger partial charge in [-0.05, 0) is 34.8 Å². The van der Waals surface area contributed by atoms with E-state index in [1.54, 1.807) is 6.08 Å². The molecule has 0 amide bonds. The Kier molecular flexibility index (Phi) is 4.56. The standard InChI is InChI=1S/C19H19N/c1-3-7-16(4-2)17-12-10-15(11-13-17)14-18-8-5-6-9-19(18)20/h3-13H,1-2,14,20H2/b16-7+. The molecule has 0 saturated carbocycles. The zero-order chi connectivity index (χ0) is 14.4. The summed E-state index contributed by atoms with van der Waals surface area (Å²) in [5.74, 6) is 0. The zero-order valence-corrected chi connectivity index (χ0v) is 11.5. The number of para-hydroxylation sites is 1. The Bertz CT molecular complexity index is 633. The van der Waals surface area contributed by atoms with E-state index in [2.05, 4.69) is 43.5 Å². The van der Waals surface area contributed by atoms with Crippen LogP contribution in [0.3, 0.4) is 0 Å². The Balaban J connectivity index is 2.21. The highest BCUT2D eigenvalue weighted by Crippen LogP contribution is 2.20.